The Labute approximate surface area is 120 Å². The van der Waals surface area contributed by atoms with Crippen LogP contribution in [0.5, 0.6) is 0 Å². The van der Waals surface area contributed by atoms with Gasteiger partial charge in [0.05, 0.1) is 0 Å². The molecule has 0 bridgehead atoms. The van der Waals surface area contributed by atoms with Gasteiger partial charge in [-0.15, -0.1) is 0 Å². The van der Waals surface area contributed by atoms with E-state index in [0.717, 1.165) is 16.6 Å². The molecule has 0 spiro atoms. The molecule has 0 aliphatic rings. The summed E-state index contributed by atoms with van der Waals surface area (Å²) < 4.78 is 15.2. The number of benzene rings is 1. The van der Waals surface area contributed by atoms with Crippen molar-refractivity contribution in [1.82, 2.24) is 12.5 Å². The Bertz CT molecular complexity index is 882. The van der Waals surface area contributed by atoms with Crippen LogP contribution in [0.25, 0.3) is 21.9 Å². The van der Waals surface area contributed by atoms with Crippen molar-refractivity contribution >= 4 is 42.9 Å². The first-order valence-electron chi connectivity index (χ1n) is 6.04. The van der Waals surface area contributed by atoms with Crippen molar-refractivity contribution in [2.75, 3.05) is 7.11 Å². The van der Waals surface area contributed by atoms with E-state index in [-0.39, 0.29) is 26.0 Å². The SMILES string of the molecule is CCn1cc(C(=O)OC)c(=O)c2ccc3n[se]nc3c21. The van der Waals surface area contributed by atoms with E-state index in [1.54, 1.807) is 12.1 Å². The van der Waals surface area contributed by atoms with Crippen LogP contribution >= 0.6 is 0 Å². The van der Waals surface area contributed by atoms with Crippen LogP contribution < -0.4 is 5.43 Å². The number of carbonyl (C=O) groups is 1. The molecule has 3 rings (SSSR count). The van der Waals surface area contributed by atoms with Crippen LogP contribution in [-0.2, 0) is 11.3 Å². The Morgan fingerprint density at radius 2 is 2.20 bits per heavy atom. The second-order valence-electron chi connectivity index (χ2n) is 4.24. The van der Waals surface area contributed by atoms with Crippen molar-refractivity contribution in [3.8, 4) is 0 Å². The Morgan fingerprint density at radius 3 is 2.90 bits per heavy atom. The van der Waals surface area contributed by atoms with Gasteiger partial charge in [0.25, 0.3) is 0 Å². The summed E-state index contributed by atoms with van der Waals surface area (Å²) in [5, 5.41) is 0.477. The minimum absolute atomic E-state index is 0.0437. The van der Waals surface area contributed by atoms with E-state index >= 15 is 0 Å². The third kappa shape index (κ3) is 1.78. The number of nitrogens with zero attached hydrogens (tertiary/aromatic N) is 3. The fraction of sp³-hybridized carbons (Fsp3) is 0.231. The molecule has 2 aromatic heterocycles. The van der Waals surface area contributed by atoms with Crippen LogP contribution in [0.2, 0.25) is 0 Å². The zero-order valence-electron chi connectivity index (χ0n) is 10.9. The number of hydrogen-bond donors (Lipinski definition) is 0. The van der Waals surface area contributed by atoms with Gasteiger partial charge < -0.3 is 0 Å². The Balaban J connectivity index is 2.51. The van der Waals surface area contributed by atoms with Gasteiger partial charge in [-0.05, 0) is 0 Å². The van der Waals surface area contributed by atoms with Gasteiger partial charge in [0.15, 0.2) is 0 Å². The number of esters is 1. The molecule has 3 aromatic rings. The summed E-state index contributed by atoms with van der Waals surface area (Å²) in [6.45, 7) is 2.57. The molecule has 7 heteroatoms. The third-order valence-electron chi connectivity index (χ3n) is 3.21. The van der Waals surface area contributed by atoms with Gasteiger partial charge in [-0.3, -0.25) is 0 Å². The third-order valence-corrected chi connectivity index (χ3v) is 4.35. The predicted octanol–water partition coefficient (Wildman–Crippen LogP) is 0.808. The Kier molecular flexibility index (Phi) is 3.16. The number of methoxy groups -OCH3 is 1. The topological polar surface area (TPSA) is 74.1 Å². The number of aryl methyl sites for hydroxylation is 1. The molecule has 0 N–H and O–H groups in total. The summed E-state index contributed by atoms with van der Waals surface area (Å²) >= 11 is -0.160. The molecule has 0 aliphatic heterocycles. The van der Waals surface area contributed by atoms with Crippen LogP contribution in [-0.4, -0.2) is 40.6 Å². The Morgan fingerprint density at radius 1 is 1.40 bits per heavy atom. The molecule has 0 atom stereocenters. The number of rotatable bonds is 2. The first-order valence-corrected chi connectivity index (χ1v) is 7.57. The molecule has 0 fully saturated rings. The maximum atomic E-state index is 12.4. The monoisotopic (exact) mass is 337 g/mol. The predicted molar refractivity (Wildman–Crippen MR) is 75.3 cm³/mol. The average Bonchev–Trinajstić information content (AvgIpc) is 2.95. The van der Waals surface area contributed by atoms with Crippen LogP contribution in [0.15, 0.2) is 23.1 Å². The number of aromatic nitrogens is 3. The number of fused-ring (bicyclic) bond motifs is 3. The molecule has 0 unspecified atom stereocenters. The van der Waals surface area contributed by atoms with Gasteiger partial charge >= 0.3 is 120 Å². The van der Waals surface area contributed by atoms with Gasteiger partial charge in [0, 0.05) is 0 Å². The molecule has 0 saturated carbocycles. The number of hydrogen-bond acceptors (Lipinski definition) is 5. The van der Waals surface area contributed by atoms with Crippen LogP contribution in [0.1, 0.15) is 17.3 Å². The molecular weight excluding hydrogens is 325 g/mol. The fourth-order valence-corrected chi connectivity index (χ4v) is 3.37. The van der Waals surface area contributed by atoms with Gasteiger partial charge in [-0.2, -0.15) is 0 Å². The summed E-state index contributed by atoms with van der Waals surface area (Å²) in [6, 6.07) is 3.48. The van der Waals surface area contributed by atoms with Crippen LogP contribution in [0, 0.1) is 0 Å². The number of ether oxygens (including phenoxy) is 1. The van der Waals surface area contributed by atoms with Crippen molar-refractivity contribution in [2.24, 2.45) is 0 Å². The van der Waals surface area contributed by atoms with E-state index in [1.807, 2.05) is 11.5 Å². The first kappa shape index (κ1) is 13.0. The molecule has 0 amide bonds. The quantitative estimate of drug-likeness (QED) is 0.511. The normalized spacial score (nSPS) is 11.1. The van der Waals surface area contributed by atoms with Crippen molar-refractivity contribution < 1.29 is 9.53 Å². The maximum absolute atomic E-state index is 12.4. The van der Waals surface area contributed by atoms with Crippen molar-refractivity contribution in [1.29, 1.82) is 0 Å². The van der Waals surface area contributed by atoms with Crippen molar-refractivity contribution in [3.63, 3.8) is 0 Å². The Hall–Kier alpha value is -1.98. The average molecular weight is 336 g/mol. The summed E-state index contributed by atoms with van der Waals surface area (Å²) in [5.41, 5.74) is 2.02. The fourth-order valence-electron chi connectivity index (χ4n) is 2.24. The summed E-state index contributed by atoms with van der Waals surface area (Å²) in [5.74, 6) is -0.620. The molecule has 20 heavy (non-hydrogen) atoms. The molecule has 2 heterocycles. The van der Waals surface area contributed by atoms with Crippen LogP contribution in [0.4, 0.5) is 0 Å². The van der Waals surface area contributed by atoms with Crippen LogP contribution in [0.3, 0.4) is 0 Å². The van der Waals surface area contributed by atoms with Crippen molar-refractivity contribution in [2.45, 2.75) is 13.5 Å². The molecule has 0 saturated heterocycles. The van der Waals surface area contributed by atoms with Gasteiger partial charge in [0.1, 0.15) is 0 Å². The molecule has 1 aromatic carbocycles. The second-order valence-corrected chi connectivity index (χ2v) is 5.35. The minimum atomic E-state index is -0.620. The molecule has 6 nitrogen and oxygen atoms in total. The number of pyridine rings is 1. The first-order chi connectivity index (χ1) is 9.67. The van der Waals surface area contributed by atoms with E-state index < -0.39 is 5.97 Å². The number of carbonyl (C=O) groups excluding carboxylic acids is 1. The van der Waals surface area contributed by atoms with E-state index in [9.17, 15) is 9.59 Å². The summed E-state index contributed by atoms with van der Waals surface area (Å²) in [7, 11) is 1.27. The summed E-state index contributed by atoms with van der Waals surface area (Å²) in [4.78, 5) is 24.1. The van der Waals surface area contributed by atoms with E-state index in [4.69, 9.17) is 0 Å². The van der Waals surface area contributed by atoms with Gasteiger partial charge in [0.2, 0.25) is 0 Å². The molecule has 102 valence electrons. The van der Waals surface area contributed by atoms with E-state index in [2.05, 4.69) is 12.7 Å². The van der Waals surface area contributed by atoms with E-state index in [0.29, 0.717) is 11.9 Å². The zero-order valence-corrected chi connectivity index (χ0v) is 12.6. The van der Waals surface area contributed by atoms with Gasteiger partial charge in [-0.1, -0.05) is 0 Å². The second kappa shape index (κ2) is 4.85. The standard InChI is InChI=1S/C13H11N3O3Se/c1-3-16-6-8(13(18)19-2)12(17)7-4-5-9-10(11(7)16)15-20-14-9/h4-6H,3H2,1-2H3. The zero-order chi connectivity index (χ0) is 14.3. The summed E-state index contributed by atoms with van der Waals surface area (Å²) in [6.07, 6.45) is 1.54. The molecule has 0 aliphatic carbocycles. The van der Waals surface area contributed by atoms with E-state index in [1.165, 1.54) is 13.3 Å². The molecular formula is C13H11N3O3Se. The van der Waals surface area contributed by atoms with Gasteiger partial charge in [-0.25, -0.2) is 0 Å². The van der Waals surface area contributed by atoms with Crippen molar-refractivity contribution in [3.05, 3.63) is 34.1 Å². The molecule has 0 radical (unpaired) electrons.